The highest BCUT2D eigenvalue weighted by Gasteiger charge is 2.14. The summed E-state index contributed by atoms with van der Waals surface area (Å²) in [7, 11) is 0. The van der Waals surface area contributed by atoms with Crippen molar-refractivity contribution in [1.82, 2.24) is 10.6 Å². The Kier molecular flexibility index (Phi) is 10.2. The molecule has 0 aliphatic carbocycles. The molecule has 0 saturated heterocycles. The highest BCUT2D eigenvalue weighted by molar-refractivity contribution is 5.78. The molecule has 3 heteroatoms. The molecule has 0 aliphatic heterocycles. The molecule has 0 heterocycles. The number of amides is 1. The topological polar surface area (TPSA) is 41.1 Å². The van der Waals surface area contributed by atoms with Crippen LogP contribution < -0.4 is 10.6 Å². The van der Waals surface area contributed by atoms with Crippen molar-refractivity contribution in [2.24, 2.45) is 5.92 Å². The van der Waals surface area contributed by atoms with Crippen LogP contribution in [0.25, 0.3) is 0 Å². The van der Waals surface area contributed by atoms with Crippen LogP contribution >= 0.6 is 0 Å². The van der Waals surface area contributed by atoms with E-state index in [9.17, 15) is 4.79 Å². The Hall–Kier alpha value is -0.570. The lowest BCUT2D eigenvalue weighted by molar-refractivity contribution is -0.125. The molecule has 0 aromatic rings. The Bertz CT molecular complexity index is 195. The van der Waals surface area contributed by atoms with Gasteiger partial charge in [0, 0.05) is 18.5 Å². The van der Waals surface area contributed by atoms with Gasteiger partial charge >= 0.3 is 0 Å². The highest BCUT2D eigenvalue weighted by atomic mass is 16.1. The molecular formula is C14H30N2O. The molecule has 2 unspecified atom stereocenters. The summed E-state index contributed by atoms with van der Waals surface area (Å²) in [5, 5.41) is 6.29. The highest BCUT2D eigenvalue weighted by Crippen LogP contribution is 2.06. The Morgan fingerprint density at radius 1 is 1.12 bits per heavy atom. The van der Waals surface area contributed by atoms with Crippen LogP contribution in [0.1, 0.15) is 59.8 Å². The van der Waals surface area contributed by atoms with Gasteiger partial charge in [-0.2, -0.15) is 0 Å². The first-order valence-electron chi connectivity index (χ1n) is 7.12. The number of carbonyl (C=O) groups excluding carboxylic acids is 1. The van der Waals surface area contributed by atoms with E-state index in [4.69, 9.17) is 0 Å². The number of hydrogen-bond donors (Lipinski definition) is 2. The maximum Gasteiger partial charge on any atom is 0.224 e. The van der Waals surface area contributed by atoms with Gasteiger partial charge in [0.1, 0.15) is 0 Å². The maximum absolute atomic E-state index is 11.8. The SMILES string of the molecule is CCCCCCC(C)NC(=O)C(C)CNCC. The molecule has 0 rings (SSSR count). The van der Waals surface area contributed by atoms with Gasteiger partial charge in [0.05, 0.1) is 0 Å². The fourth-order valence-electron chi connectivity index (χ4n) is 1.79. The fraction of sp³-hybridized carbons (Fsp3) is 0.929. The summed E-state index contributed by atoms with van der Waals surface area (Å²) < 4.78 is 0. The van der Waals surface area contributed by atoms with Gasteiger partial charge in [-0.05, 0) is 19.9 Å². The van der Waals surface area contributed by atoms with Gasteiger partial charge in [0.25, 0.3) is 0 Å². The molecule has 17 heavy (non-hydrogen) atoms. The molecule has 0 radical (unpaired) electrons. The summed E-state index contributed by atoms with van der Waals surface area (Å²) in [6, 6.07) is 0.309. The fourth-order valence-corrected chi connectivity index (χ4v) is 1.79. The predicted molar refractivity (Wildman–Crippen MR) is 74.1 cm³/mol. The van der Waals surface area contributed by atoms with Crippen LogP contribution in [0.3, 0.4) is 0 Å². The van der Waals surface area contributed by atoms with Gasteiger partial charge < -0.3 is 10.6 Å². The van der Waals surface area contributed by atoms with Gasteiger partial charge in [0.2, 0.25) is 5.91 Å². The van der Waals surface area contributed by atoms with Crippen molar-refractivity contribution < 1.29 is 4.79 Å². The second-order valence-corrected chi connectivity index (χ2v) is 4.97. The Morgan fingerprint density at radius 2 is 1.82 bits per heavy atom. The molecule has 0 fully saturated rings. The van der Waals surface area contributed by atoms with Crippen LogP contribution in [0.5, 0.6) is 0 Å². The van der Waals surface area contributed by atoms with E-state index in [-0.39, 0.29) is 11.8 Å². The molecule has 0 bridgehead atoms. The van der Waals surface area contributed by atoms with E-state index < -0.39 is 0 Å². The second-order valence-electron chi connectivity index (χ2n) is 4.97. The van der Waals surface area contributed by atoms with Gasteiger partial charge in [-0.25, -0.2) is 0 Å². The summed E-state index contributed by atoms with van der Waals surface area (Å²) in [4.78, 5) is 11.8. The van der Waals surface area contributed by atoms with Crippen molar-refractivity contribution >= 4 is 5.91 Å². The monoisotopic (exact) mass is 242 g/mol. The third kappa shape index (κ3) is 9.16. The average molecular weight is 242 g/mol. The molecule has 2 N–H and O–H groups in total. The molecule has 0 aromatic heterocycles. The quantitative estimate of drug-likeness (QED) is 0.578. The number of rotatable bonds is 10. The summed E-state index contributed by atoms with van der Waals surface area (Å²) >= 11 is 0. The van der Waals surface area contributed by atoms with Crippen LogP contribution in [-0.2, 0) is 4.79 Å². The summed E-state index contributed by atoms with van der Waals surface area (Å²) in [6.07, 6.45) is 6.16. The van der Waals surface area contributed by atoms with E-state index in [1.165, 1.54) is 25.7 Å². The largest absolute Gasteiger partial charge is 0.353 e. The average Bonchev–Trinajstić information content (AvgIpc) is 2.31. The normalized spacial score (nSPS) is 14.4. The molecule has 0 saturated carbocycles. The number of carbonyl (C=O) groups is 1. The number of unbranched alkanes of at least 4 members (excludes halogenated alkanes) is 3. The van der Waals surface area contributed by atoms with Crippen molar-refractivity contribution in [3.05, 3.63) is 0 Å². The Morgan fingerprint density at radius 3 is 2.41 bits per heavy atom. The zero-order chi connectivity index (χ0) is 13.1. The summed E-state index contributed by atoms with van der Waals surface area (Å²) in [5.74, 6) is 0.238. The lowest BCUT2D eigenvalue weighted by Crippen LogP contribution is -2.39. The zero-order valence-corrected chi connectivity index (χ0v) is 12.0. The minimum atomic E-state index is 0.0630. The lowest BCUT2D eigenvalue weighted by Gasteiger charge is -2.17. The van der Waals surface area contributed by atoms with Crippen LogP contribution in [0.2, 0.25) is 0 Å². The molecule has 2 atom stereocenters. The molecule has 0 aromatic carbocycles. The molecule has 0 aliphatic rings. The van der Waals surface area contributed by atoms with E-state index >= 15 is 0 Å². The zero-order valence-electron chi connectivity index (χ0n) is 12.0. The minimum absolute atomic E-state index is 0.0630. The smallest absolute Gasteiger partial charge is 0.224 e. The van der Waals surface area contributed by atoms with Crippen LogP contribution in [-0.4, -0.2) is 25.0 Å². The molecule has 3 nitrogen and oxygen atoms in total. The molecule has 1 amide bonds. The van der Waals surface area contributed by atoms with Crippen LogP contribution in [0.4, 0.5) is 0 Å². The van der Waals surface area contributed by atoms with Crippen LogP contribution in [0, 0.1) is 5.92 Å². The first-order valence-corrected chi connectivity index (χ1v) is 7.12. The lowest BCUT2D eigenvalue weighted by atomic mass is 10.1. The Balaban J connectivity index is 3.63. The van der Waals surface area contributed by atoms with Crippen molar-refractivity contribution in [2.45, 2.75) is 65.8 Å². The second kappa shape index (κ2) is 10.6. The minimum Gasteiger partial charge on any atom is -0.353 e. The van der Waals surface area contributed by atoms with Gasteiger partial charge in [-0.1, -0.05) is 46.5 Å². The third-order valence-corrected chi connectivity index (χ3v) is 3.03. The predicted octanol–water partition coefficient (Wildman–Crippen LogP) is 2.71. The van der Waals surface area contributed by atoms with Crippen molar-refractivity contribution in [1.29, 1.82) is 0 Å². The van der Waals surface area contributed by atoms with Crippen molar-refractivity contribution in [3.63, 3.8) is 0 Å². The van der Waals surface area contributed by atoms with E-state index in [0.29, 0.717) is 6.04 Å². The van der Waals surface area contributed by atoms with Crippen LogP contribution in [0.15, 0.2) is 0 Å². The standard InChI is InChI=1S/C14H30N2O/c1-5-7-8-9-10-13(4)16-14(17)12(3)11-15-6-2/h12-13,15H,5-11H2,1-4H3,(H,16,17). The van der Waals surface area contributed by atoms with E-state index in [1.807, 2.05) is 6.92 Å². The number of nitrogens with one attached hydrogen (secondary N) is 2. The van der Waals surface area contributed by atoms with Crippen molar-refractivity contribution in [3.8, 4) is 0 Å². The van der Waals surface area contributed by atoms with Crippen molar-refractivity contribution in [2.75, 3.05) is 13.1 Å². The third-order valence-electron chi connectivity index (χ3n) is 3.03. The Labute approximate surface area is 107 Å². The van der Waals surface area contributed by atoms with E-state index in [2.05, 4.69) is 31.4 Å². The van der Waals surface area contributed by atoms with E-state index in [0.717, 1.165) is 19.5 Å². The first kappa shape index (κ1) is 16.4. The van der Waals surface area contributed by atoms with E-state index in [1.54, 1.807) is 0 Å². The first-order chi connectivity index (χ1) is 8.11. The van der Waals surface area contributed by atoms with Gasteiger partial charge in [-0.15, -0.1) is 0 Å². The summed E-state index contributed by atoms with van der Waals surface area (Å²) in [6.45, 7) is 10.0. The molecule has 102 valence electrons. The maximum atomic E-state index is 11.8. The molecular weight excluding hydrogens is 212 g/mol. The number of hydrogen-bond acceptors (Lipinski definition) is 2. The summed E-state index contributed by atoms with van der Waals surface area (Å²) in [5.41, 5.74) is 0. The van der Waals surface area contributed by atoms with Gasteiger partial charge in [-0.3, -0.25) is 4.79 Å². The van der Waals surface area contributed by atoms with Gasteiger partial charge in [0.15, 0.2) is 0 Å². The molecule has 0 spiro atoms.